The van der Waals surface area contributed by atoms with Gasteiger partial charge in [0.05, 0.1) is 19.6 Å². The maximum atomic E-state index is 4.75. The first-order chi connectivity index (χ1) is 12.7. The van der Waals surface area contributed by atoms with Gasteiger partial charge in [-0.3, -0.25) is 4.68 Å². The van der Waals surface area contributed by atoms with E-state index in [4.69, 9.17) is 4.99 Å². The lowest BCUT2D eigenvalue weighted by molar-refractivity contribution is 0.680. The maximum absolute atomic E-state index is 4.75. The molecule has 0 aliphatic rings. The lowest BCUT2D eigenvalue weighted by Crippen LogP contribution is -2.36. The van der Waals surface area contributed by atoms with E-state index in [1.807, 2.05) is 16.9 Å². The number of thiophene rings is 1. The zero-order valence-corrected chi connectivity index (χ0v) is 19.8. The van der Waals surface area contributed by atoms with E-state index in [0.717, 1.165) is 30.1 Å². The van der Waals surface area contributed by atoms with E-state index in [9.17, 15) is 0 Å². The number of aromatic nitrogens is 2. The first-order valence-electron chi connectivity index (χ1n) is 8.54. The molecule has 3 rings (SSSR count). The van der Waals surface area contributed by atoms with Crippen LogP contribution in [-0.4, -0.2) is 22.3 Å². The summed E-state index contributed by atoms with van der Waals surface area (Å²) in [6, 6.07) is 12.4. The van der Waals surface area contributed by atoms with Gasteiger partial charge in [0.15, 0.2) is 5.96 Å². The van der Waals surface area contributed by atoms with Gasteiger partial charge in [0.2, 0.25) is 0 Å². The summed E-state index contributed by atoms with van der Waals surface area (Å²) in [5.41, 5.74) is 2.44. The van der Waals surface area contributed by atoms with Gasteiger partial charge in [-0.15, -0.1) is 35.3 Å². The topological polar surface area (TPSA) is 54.2 Å². The molecule has 0 saturated heterocycles. The van der Waals surface area contributed by atoms with Crippen LogP contribution >= 0.6 is 51.2 Å². The number of hydrogen-bond donors (Lipinski definition) is 2. The van der Waals surface area contributed by atoms with Crippen molar-refractivity contribution < 1.29 is 0 Å². The maximum Gasteiger partial charge on any atom is 0.191 e. The minimum atomic E-state index is 0. The van der Waals surface area contributed by atoms with E-state index in [1.54, 1.807) is 17.5 Å². The fourth-order valence-electron chi connectivity index (χ4n) is 2.56. The van der Waals surface area contributed by atoms with E-state index >= 15 is 0 Å². The van der Waals surface area contributed by atoms with Crippen molar-refractivity contribution in [1.29, 1.82) is 0 Å². The Hall–Kier alpha value is -1.39. The molecule has 3 aromatic rings. The standard InChI is InChI=1S/C19H22BrN5S.HI/c1-2-21-19(23-12-18-10-17(20)14-26-18)22-11-15-6-3-4-7-16(15)13-25-9-5-8-24-25;/h3-10,14H,2,11-13H2,1H3,(H2,21,22,23);1H. The molecule has 8 heteroatoms. The molecule has 2 N–H and O–H groups in total. The Morgan fingerprint density at radius 1 is 1.22 bits per heavy atom. The second-order valence-corrected chi connectivity index (χ2v) is 7.66. The molecule has 0 saturated carbocycles. The molecule has 144 valence electrons. The Kier molecular flexibility index (Phi) is 9.29. The molecule has 1 aromatic carbocycles. The Bertz CT molecular complexity index is 847. The molecule has 0 bridgehead atoms. The fourth-order valence-corrected chi connectivity index (χ4v) is 3.95. The number of nitrogens with zero attached hydrogens (tertiary/aromatic N) is 3. The molecular formula is C19H23BrIN5S. The fraction of sp³-hybridized carbons (Fsp3) is 0.263. The second kappa shape index (κ2) is 11.5. The number of aliphatic imine (C=N–C) groups is 1. The third kappa shape index (κ3) is 6.93. The van der Waals surface area contributed by atoms with E-state index in [2.05, 4.69) is 74.3 Å². The molecule has 0 unspecified atom stereocenters. The lowest BCUT2D eigenvalue weighted by Gasteiger charge is -2.12. The van der Waals surface area contributed by atoms with Crippen LogP contribution in [0.15, 0.2) is 63.6 Å². The van der Waals surface area contributed by atoms with Gasteiger partial charge in [0.1, 0.15) is 0 Å². The smallest absolute Gasteiger partial charge is 0.191 e. The molecule has 27 heavy (non-hydrogen) atoms. The quantitative estimate of drug-likeness (QED) is 0.252. The largest absolute Gasteiger partial charge is 0.357 e. The van der Waals surface area contributed by atoms with E-state index in [-0.39, 0.29) is 24.0 Å². The normalized spacial score (nSPS) is 11.1. The molecule has 0 fully saturated rings. The van der Waals surface area contributed by atoms with Crippen LogP contribution in [0.25, 0.3) is 0 Å². The molecule has 0 aliphatic heterocycles. The van der Waals surface area contributed by atoms with Gasteiger partial charge in [-0.05, 0) is 46.1 Å². The molecule has 0 atom stereocenters. The van der Waals surface area contributed by atoms with Gasteiger partial charge >= 0.3 is 0 Å². The number of halogens is 2. The van der Waals surface area contributed by atoms with Gasteiger partial charge in [0, 0.05) is 33.7 Å². The van der Waals surface area contributed by atoms with Crippen molar-refractivity contribution in [3.63, 3.8) is 0 Å². The summed E-state index contributed by atoms with van der Waals surface area (Å²) in [7, 11) is 0. The zero-order chi connectivity index (χ0) is 18.2. The van der Waals surface area contributed by atoms with Crippen molar-refractivity contribution in [1.82, 2.24) is 20.4 Å². The number of hydrogen-bond acceptors (Lipinski definition) is 3. The highest BCUT2D eigenvalue weighted by atomic mass is 127. The van der Waals surface area contributed by atoms with Gasteiger partial charge in [-0.2, -0.15) is 5.10 Å². The predicted octanol–water partition coefficient (Wildman–Crippen LogP) is 4.63. The van der Waals surface area contributed by atoms with Crippen molar-refractivity contribution in [3.05, 3.63) is 74.6 Å². The Morgan fingerprint density at radius 2 is 2.04 bits per heavy atom. The molecule has 0 spiro atoms. The summed E-state index contributed by atoms with van der Waals surface area (Å²) < 4.78 is 3.05. The highest BCUT2D eigenvalue weighted by molar-refractivity contribution is 14.0. The van der Waals surface area contributed by atoms with Crippen LogP contribution in [-0.2, 0) is 19.6 Å². The van der Waals surface area contributed by atoms with Crippen molar-refractivity contribution in [3.8, 4) is 0 Å². The van der Waals surface area contributed by atoms with Gasteiger partial charge in [-0.25, -0.2) is 4.99 Å². The SMILES string of the molecule is CCNC(=NCc1ccccc1Cn1cccn1)NCc1cc(Br)cs1.I. The molecular weight excluding hydrogens is 537 g/mol. The summed E-state index contributed by atoms with van der Waals surface area (Å²) in [5, 5.41) is 13.1. The summed E-state index contributed by atoms with van der Waals surface area (Å²) in [6.45, 7) is 5.04. The van der Waals surface area contributed by atoms with Crippen molar-refractivity contribution in [2.24, 2.45) is 4.99 Å². The molecule has 2 aromatic heterocycles. The van der Waals surface area contributed by atoms with Crippen LogP contribution in [0, 0.1) is 0 Å². The Labute approximate surface area is 189 Å². The first-order valence-corrected chi connectivity index (χ1v) is 10.2. The lowest BCUT2D eigenvalue weighted by atomic mass is 10.1. The van der Waals surface area contributed by atoms with Crippen LogP contribution in [0.1, 0.15) is 22.9 Å². The van der Waals surface area contributed by atoms with Crippen molar-refractivity contribution >= 4 is 57.2 Å². The average Bonchev–Trinajstić information content (AvgIpc) is 3.30. The highest BCUT2D eigenvalue weighted by Crippen LogP contribution is 2.19. The Morgan fingerprint density at radius 3 is 2.70 bits per heavy atom. The third-order valence-electron chi connectivity index (χ3n) is 3.81. The van der Waals surface area contributed by atoms with Crippen LogP contribution in [0.3, 0.4) is 0 Å². The van der Waals surface area contributed by atoms with Gasteiger partial charge < -0.3 is 10.6 Å². The first kappa shape index (κ1) is 21.9. The van der Waals surface area contributed by atoms with E-state index in [0.29, 0.717) is 6.54 Å². The zero-order valence-electron chi connectivity index (χ0n) is 15.1. The van der Waals surface area contributed by atoms with Crippen LogP contribution in [0.4, 0.5) is 0 Å². The monoisotopic (exact) mass is 559 g/mol. The second-order valence-electron chi connectivity index (χ2n) is 5.75. The highest BCUT2D eigenvalue weighted by Gasteiger charge is 2.05. The molecule has 0 radical (unpaired) electrons. The van der Waals surface area contributed by atoms with Crippen LogP contribution in [0.5, 0.6) is 0 Å². The van der Waals surface area contributed by atoms with E-state index < -0.39 is 0 Å². The minimum Gasteiger partial charge on any atom is -0.357 e. The third-order valence-corrected chi connectivity index (χ3v) is 5.51. The van der Waals surface area contributed by atoms with Crippen molar-refractivity contribution in [2.45, 2.75) is 26.6 Å². The average molecular weight is 560 g/mol. The summed E-state index contributed by atoms with van der Waals surface area (Å²) in [4.78, 5) is 6.02. The van der Waals surface area contributed by atoms with Crippen molar-refractivity contribution in [2.75, 3.05) is 6.54 Å². The predicted molar refractivity (Wildman–Crippen MR) is 127 cm³/mol. The molecule has 0 aliphatic carbocycles. The number of guanidine groups is 1. The van der Waals surface area contributed by atoms with Crippen LogP contribution in [0.2, 0.25) is 0 Å². The number of nitrogens with one attached hydrogen (secondary N) is 2. The minimum absolute atomic E-state index is 0. The molecule has 0 amide bonds. The summed E-state index contributed by atoms with van der Waals surface area (Å²) >= 11 is 5.22. The number of benzene rings is 1. The van der Waals surface area contributed by atoms with Gasteiger partial charge in [-0.1, -0.05) is 24.3 Å². The molecule has 5 nitrogen and oxygen atoms in total. The van der Waals surface area contributed by atoms with E-state index in [1.165, 1.54) is 16.0 Å². The number of rotatable bonds is 7. The summed E-state index contributed by atoms with van der Waals surface area (Å²) in [5.74, 6) is 0.825. The summed E-state index contributed by atoms with van der Waals surface area (Å²) in [6.07, 6.45) is 3.78. The van der Waals surface area contributed by atoms with Gasteiger partial charge in [0.25, 0.3) is 0 Å². The Balaban J connectivity index is 0.00000261. The van der Waals surface area contributed by atoms with Crippen LogP contribution < -0.4 is 10.6 Å². The molecule has 2 heterocycles.